The summed E-state index contributed by atoms with van der Waals surface area (Å²) in [7, 11) is 0. The molecular weight excluding hydrogens is 266 g/mol. The predicted octanol–water partition coefficient (Wildman–Crippen LogP) is 2.92. The Labute approximate surface area is 124 Å². The molecule has 0 aliphatic heterocycles. The van der Waals surface area contributed by atoms with E-state index in [2.05, 4.69) is 17.3 Å². The van der Waals surface area contributed by atoms with Crippen molar-refractivity contribution in [2.24, 2.45) is 0 Å². The number of nitrogens with one attached hydrogen (secondary N) is 1. The largest absolute Gasteiger partial charge is 0.388 e. The predicted molar refractivity (Wildman–Crippen MR) is 81.9 cm³/mol. The lowest BCUT2D eigenvalue weighted by molar-refractivity contribution is -0.118. The number of amides is 1. The van der Waals surface area contributed by atoms with Gasteiger partial charge in [0.1, 0.15) is 5.82 Å². The molecule has 0 bridgehead atoms. The fourth-order valence-corrected chi connectivity index (χ4v) is 2.10. The van der Waals surface area contributed by atoms with Crippen LogP contribution < -0.4 is 5.32 Å². The summed E-state index contributed by atoms with van der Waals surface area (Å²) in [4.78, 5) is 12.0. The fraction of sp³-hybridized carbons (Fsp3) is 0.375. The molecule has 0 aliphatic carbocycles. The highest BCUT2D eigenvalue weighted by atomic mass is 16.3. The van der Waals surface area contributed by atoms with Crippen LogP contribution in [0.2, 0.25) is 0 Å². The summed E-state index contributed by atoms with van der Waals surface area (Å²) in [5, 5.41) is 17.1. The molecule has 5 nitrogen and oxygen atoms in total. The second-order valence-corrected chi connectivity index (χ2v) is 5.10. The third-order valence-corrected chi connectivity index (χ3v) is 3.51. The van der Waals surface area contributed by atoms with Crippen molar-refractivity contribution in [3.8, 4) is 0 Å². The number of hydrogen-bond acceptors (Lipinski definition) is 3. The van der Waals surface area contributed by atoms with Crippen LogP contribution in [0.4, 0.5) is 5.82 Å². The molecule has 0 spiro atoms. The van der Waals surface area contributed by atoms with Gasteiger partial charge in [0.05, 0.1) is 24.8 Å². The smallest absolute Gasteiger partial charge is 0.228 e. The zero-order chi connectivity index (χ0) is 15.2. The lowest BCUT2D eigenvalue weighted by Crippen LogP contribution is -2.19. The van der Waals surface area contributed by atoms with E-state index >= 15 is 0 Å². The minimum atomic E-state index is -0.800. The van der Waals surface area contributed by atoms with Gasteiger partial charge in [0.15, 0.2) is 0 Å². The zero-order valence-electron chi connectivity index (χ0n) is 12.4. The van der Waals surface area contributed by atoms with Crippen LogP contribution in [-0.2, 0) is 4.79 Å². The van der Waals surface area contributed by atoms with Gasteiger partial charge in [0, 0.05) is 6.07 Å². The first-order valence-electron chi connectivity index (χ1n) is 7.18. The molecule has 0 radical (unpaired) electrons. The third-order valence-electron chi connectivity index (χ3n) is 3.51. The molecule has 1 aromatic heterocycles. The summed E-state index contributed by atoms with van der Waals surface area (Å²) >= 11 is 0. The molecule has 2 unspecified atom stereocenters. The van der Waals surface area contributed by atoms with E-state index < -0.39 is 6.10 Å². The van der Waals surface area contributed by atoms with Gasteiger partial charge in [-0.05, 0) is 18.9 Å². The molecule has 0 saturated carbocycles. The molecule has 5 heteroatoms. The SMILES string of the molecule is CCC(C)n1nccc1NC(=O)CC(O)c1ccccc1. The first kappa shape index (κ1) is 15.3. The molecule has 112 valence electrons. The standard InChI is InChI=1S/C16H21N3O2/c1-3-12(2)19-15(9-10-17-19)18-16(21)11-14(20)13-7-5-4-6-8-13/h4-10,12,14,20H,3,11H2,1-2H3,(H,18,21). The van der Waals surface area contributed by atoms with Crippen molar-refractivity contribution in [3.63, 3.8) is 0 Å². The van der Waals surface area contributed by atoms with Gasteiger partial charge >= 0.3 is 0 Å². The molecule has 1 amide bonds. The molecule has 2 atom stereocenters. The monoisotopic (exact) mass is 287 g/mol. The van der Waals surface area contributed by atoms with E-state index in [0.29, 0.717) is 5.82 Å². The number of carbonyl (C=O) groups is 1. The average Bonchev–Trinajstić information content (AvgIpc) is 2.95. The molecule has 2 rings (SSSR count). The Morgan fingerprint density at radius 2 is 2.05 bits per heavy atom. The summed E-state index contributed by atoms with van der Waals surface area (Å²) in [6.45, 7) is 4.11. The maximum Gasteiger partial charge on any atom is 0.228 e. The number of anilines is 1. The summed E-state index contributed by atoms with van der Waals surface area (Å²) in [5.41, 5.74) is 0.739. The van der Waals surface area contributed by atoms with E-state index in [-0.39, 0.29) is 18.4 Å². The molecule has 1 aromatic carbocycles. The second kappa shape index (κ2) is 7.04. The van der Waals surface area contributed by atoms with E-state index in [1.807, 2.05) is 25.1 Å². The Morgan fingerprint density at radius 1 is 1.33 bits per heavy atom. The van der Waals surface area contributed by atoms with E-state index in [9.17, 15) is 9.90 Å². The third kappa shape index (κ3) is 3.92. The number of aliphatic hydroxyl groups excluding tert-OH is 1. The van der Waals surface area contributed by atoms with Crippen LogP contribution >= 0.6 is 0 Å². The topological polar surface area (TPSA) is 67.2 Å². The summed E-state index contributed by atoms with van der Waals surface area (Å²) < 4.78 is 1.78. The van der Waals surface area contributed by atoms with Crippen molar-refractivity contribution in [3.05, 3.63) is 48.2 Å². The second-order valence-electron chi connectivity index (χ2n) is 5.10. The molecule has 0 aliphatic rings. The van der Waals surface area contributed by atoms with Gasteiger partial charge in [-0.25, -0.2) is 4.68 Å². The molecule has 0 fully saturated rings. The van der Waals surface area contributed by atoms with Gasteiger partial charge < -0.3 is 10.4 Å². The molecule has 21 heavy (non-hydrogen) atoms. The number of nitrogens with zero attached hydrogens (tertiary/aromatic N) is 2. The van der Waals surface area contributed by atoms with Crippen molar-refractivity contribution in [2.75, 3.05) is 5.32 Å². The van der Waals surface area contributed by atoms with Gasteiger partial charge in [-0.3, -0.25) is 4.79 Å². The van der Waals surface area contributed by atoms with Crippen LogP contribution in [0.5, 0.6) is 0 Å². The van der Waals surface area contributed by atoms with Gasteiger partial charge in [0.2, 0.25) is 5.91 Å². The van der Waals surface area contributed by atoms with Crippen LogP contribution in [0.3, 0.4) is 0 Å². The van der Waals surface area contributed by atoms with E-state index in [1.54, 1.807) is 29.1 Å². The number of carbonyl (C=O) groups excluding carboxylic acids is 1. The van der Waals surface area contributed by atoms with Gasteiger partial charge in [-0.2, -0.15) is 5.10 Å². The Hall–Kier alpha value is -2.14. The maximum absolute atomic E-state index is 12.0. The molecular formula is C16H21N3O2. The summed E-state index contributed by atoms with van der Waals surface area (Å²) in [5.74, 6) is 0.436. The number of aliphatic hydroxyl groups is 1. The van der Waals surface area contributed by atoms with Crippen LogP contribution in [0.1, 0.15) is 44.4 Å². The Bertz CT molecular complexity index is 580. The number of aromatic nitrogens is 2. The quantitative estimate of drug-likeness (QED) is 0.858. The molecule has 1 heterocycles. The van der Waals surface area contributed by atoms with Crippen LogP contribution in [-0.4, -0.2) is 20.8 Å². The number of benzene rings is 1. The summed E-state index contributed by atoms with van der Waals surface area (Å²) in [6.07, 6.45) is 1.81. The molecule has 2 N–H and O–H groups in total. The van der Waals surface area contributed by atoms with Crippen LogP contribution in [0.25, 0.3) is 0 Å². The molecule has 0 saturated heterocycles. The minimum Gasteiger partial charge on any atom is -0.388 e. The van der Waals surface area contributed by atoms with Crippen LogP contribution in [0, 0.1) is 0 Å². The van der Waals surface area contributed by atoms with E-state index in [4.69, 9.17) is 0 Å². The number of hydrogen-bond donors (Lipinski definition) is 2. The van der Waals surface area contributed by atoms with E-state index in [1.165, 1.54) is 0 Å². The highest BCUT2D eigenvalue weighted by Crippen LogP contribution is 2.19. The minimum absolute atomic E-state index is 0.0235. The Balaban J connectivity index is 1.98. The highest BCUT2D eigenvalue weighted by molar-refractivity contribution is 5.90. The lowest BCUT2D eigenvalue weighted by atomic mass is 10.1. The summed E-state index contributed by atoms with van der Waals surface area (Å²) in [6, 6.07) is 11.2. The Kier molecular flexibility index (Phi) is 5.11. The van der Waals surface area contributed by atoms with Crippen LogP contribution in [0.15, 0.2) is 42.6 Å². The number of rotatable bonds is 6. The van der Waals surface area contributed by atoms with Gasteiger partial charge in [-0.1, -0.05) is 37.3 Å². The van der Waals surface area contributed by atoms with E-state index in [0.717, 1.165) is 12.0 Å². The first-order valence-corrected chi connectivity index (χ1v) is 7.18. The average molecular weight is 287 g/mol. The van der Waals surface area contributed by atoms with Gasteiger partial charge in [-0.15, -0.1) is 0 Å². The zero-order valence-corrected chi connectivity index (χ0v) is 12.4. The van der Waals surface area contributed by atoms with Crippen molar-refractivity contribution < 1.29 is 9.90 Å². The lowest BCUT2D eigenvalue weighted by Gasteiger charge is -2.15. The normalized spacial score (nSPS) is 13.7. The maximum atomic E-state index is 12.0. The first-order chi connectivity index (χ1) is 10.1. The fourth-order valence-electron chi connectivity index (χ4n) is 2.10. The van der Waals surface area contributed by atoms with Crippen molar-refractivity contribution in [2.45, 2.75) is 38.8 Å². The Morgan fingerprint density at radius 3 is 2.71 bits per heavy atom. The van der Waals surface area contributed by atoms with Crippen molar-refractivity contribution in [1.29, 1.82) is 0 Å². The van der Waals surface area contributed by atoms with Crippen molar-refractivity contribution in [1.82, 2.24) is 9.78 Å². The van der Waals surface area contributed by atoms with Gasteiger partial charge in [0.25, 0.3) is 0 Å². The highest BCUT2D eigenvalue weighted by Gasteiger charge is 2.15. The molecule has 2 aromatic rings. The van der Waals surface area contributed by atoms with Crippen molar-refractivity contribution >= 4 is 11.7 Å².